The topological polar surface area (TPSA) is 75.7 Å². The van der Waals surface area contributed by atoms with E-state index in [-0.39, 0.29) is 12.4 Å². The van der Waals surface area contributed by atoms with Crippen LogP contribution in [0.4, 0.5) is 0 Å². The summed E-state index contributed by atoms with van der Waals surface area (Å²) in [5.41, 5.74) is 3.36. The van der Waals surface area contributed by atoms with E-state index in [4.69, 9.17) is 15.0 Å². The van der Waals surface area contributed by atoms with Crippen molar-refractivity contribution < 1.29 is 14.9 Å². The maximum Gasteiger partial charge on any atom is 0.133 e. The minimum absolute atomic E-state index is 0.212. The minimum Gasteiger partial charge on any atom is -0.508 e. The molecule has 4 nitrogen and oxygen atoms in total. The van der Waals surface area contributed by atoms with Crippen molar-refractivity contribution in [2.24, 2.45) is 5.14 Å². The highest BCUT2D eigenvalue weighted by molar-refractivity contribution is 7.97. The second kappa shape index (κ2) is 18.1. The van der Waals surface area contributed by atoms with Crippen LogP contribution in [0.1, 0.15) is 50.8 Å². The molecule has 0 radical (unpaired) electrons. The molecule has 0 aliphatic rings. The highest BCUT2D eigenvalue weighted by Gasteiger charge is 2.08. The number of aryl methyl sites for hydroxylation is 3. The van der Waals surface area contributed by atoms with Gasteiger partial charge in [0.1, 0.15) is 17.2 Å². The van der Waals surface area contributed by atoms with Crippen molar-refractivity contribution in [3.8, 4) is 17.2 Å². The Bertz CT molecular complexity index is 830. The summed E-state index contributed by atoms with van der Waals surface area (Å²) in [7, 11) is 0. The smallest absolute Gasteiger partial charge is 0.133 e. The molecule has 0 aliphatic heterocycles. The van der Waals surface area contributed by atoms with Gasteiger partial charge in [-0.15, -0.1) is 0 Å². The van der Waals surface area contributed by atoms with Gasteiger partial charge in [0.2, 0.25) is 0 Å². The molecule has 3 aromatic rings. The van der Waals surface area contributed by atoms with Gasteiger partial charge in [-0.25, -0.2) is 0 Å². The van der Waals surface area contributed by atoms with Crippen LogP contribution in [0.15, 0.2) is 71.6 Å². The first-order chi connectivity index (χ1) is 15.5. The molecule has 0 atom stereocenters. The third-order valence-corrected chi connectivity index (χ3v) is 4.62. The van der Waals surface area contributed by atoms with Crippen LogP contribution >= 0.6 is 11.9 Å². The fourth-order valence-corrected chi connectivity index (χ4v) is 3.07. The number of rotatable bonds is 6. The Morgan fingerprint density at radius 1 is 0.844 bits per heavy atom. The maximum atomic E-state index is 9.27. The standard InChI is InChI=1S/C17H20O3.C6H7NS.2C2H6/c1-12-10-14(4-3-9-18)11-13(2)17(12)20-16-7-5-15(19)6-8-16;7-8-6-4-2-1-3-5-6;2*1-2/h5-8,10-11,18-19H,3-4,9H2,1-2H3;1-5H,7H2;2*1-2H3. The number of nitrogens with two attached hydrogens (primary N) is 1. The summed E-state index contributed by atoms with van der Waals surface area (Å²) < 4.78 is 5.89. The Labute approximate surface area is 198 Å². The highest BCUT2D eigenvalue weighted by Crippen LogP contribution is 2.30. The average molecular weight is 458 g/mol. The van der Waals surface area contributed by atoms with Crippen molar-refractivity contribution in [1.82, 2.24) is 0 Å². The number of benzene rings is 3. The van der Waals surface area contributed by atoms with Gasteiger partial charge in [0.05, 0.1) is 0 Å². The van der Waals surface area contributed by atoms with Crippen molar-refractivity contribution in [3.63, 3.8) is 0 Å². The fraction of sp³-hybridized carbons (Fsp3) is 0.333. The Balaban J connectivity index is 0.000000666. The first-order valence-electron chi connectivity index (χ1n) is 11.1. The molecule has 0 spiro atoms. The lowest BCUT2D eigenvalue weighted by Crippen LogP contribution is -1.96. The normalized spacial score (nSPS) is 9.25. The van der Waals surface area contributed by atoms with E-state index >= 15 is 0 Å². The molecule has 0 aliphatic carbocycles. The predicted octanol–water partition coefficient (Wildman–Crippen LogP) is 7.43. The van der Waals surface area contributed by atoms with Crippen LogP contribution in [0.2, 0.25) is 0 Å². The molecule has 0 saturated heterocycles. The number of ether oxygens (including phenoxy) is 1. The van der Waals surface area contributed by atoms with Gasteiger partial charge in [0.15, 0.2) is 0 Å². The lowest BCUT2D eigenvalue weighted by atomic mass is 10.0. The summed E-state index contributed by atoms with van der Waals surface area (Å²) in [6, 6.07) is 20.8. The zero-order valence-corrected chi connectivity index (χ0v) is 21.1. The van der Waals surface area contributed by atoms with Gasteiger partial charge in [-0.05, 0) is 91.7 Å². The molecule has 0 unspecified atom stereocenters. The molecule has 32 heavy (non-hydrogen) atoms. The van der Waals surface area contributed by atoms with Crippen LogP contribution in [0.5, 0.6) is 17.2 Å². The van der Waals surface area contributed by atoms with E-state index in [2.05, 4.69) is 12.1 Å². The number of phenolic OH excluding ortho intramolecular Hbond substituents is 1. The van der Waals surface area contributed by atoms with E-state index in [1.165, 1.54) is 17.5 Å². The van der Waals surface area contributed by atoms with E-state index in [9.17, 15) is 5.11 Å². The third-order valence-electron chi connectivity index (χ3n) is 4.08. The molecular formula is C27H39NO3S. The van der Waals surface area contributed by atoms with Crippen molar-refractivity contribution in [2.45, 2.75) is 59.3 Å². The van der Waals surface area contributed by atoms with Gasteiger partial charge in [-0.1, -0.05) is 58.0 Å². The number of hydrogen-bond donors (Lipinski definition) is 3. The lowest BCUT2D eigenvalue weighted by molar-refractivity contribution is 0.288. The number of aliphatic hydroxyl groups is 1. The predicted molar refractivity (Wildman–Crippen MR) is 139 cm³/mol. The fourth-order valence-electron chi connectivity index (χ4n) is 2.76. The summed E-state index contributed by atoms with van der Waals surface area (Å²) in [6.45, 7) is 12.3. The quantitative estimate of drug-likeness (QED) is 0.336. The molecule has 0 fully saturated rings. The zero-order chi connectivity index (χ0) is 24.4. The van der Waals surface area contributed by atoms with E-state index < -0.39 is 0 Å². The molecule has 0 saturated carbocycles. The second-order valence-corrected chi connectivity index (χ2v) is 7.12. The molecule has 0 bridgehead atoms. The largest absolute Gasteiger partial charge is 0.508 e. The molecular weight excluding hydrogens is 418 g/mol. The first-order valence-corrected chi connectivity index (χ1v) is 12.0. The van der Waals surface area contributed by atoms with Crippen LogP contribution in [-0.4, -0.2) is 16.8 Å². The van der Waals surface area contributed by atoms with Crippen molar-refractivity contribution in [1.29, 1.82) is 0 Å². The van der Waals surface area contributed by atoms with Gasteiger partial charge >= 0.3 is 0 Å². The van der Waals surface area contributed by atoms with Crippen LogP contribution in [0, 0.1) is 13.8 Å². The molecule has 3 aromatic carbocycles. The molecule has 3 rings (SSSR count). The maximum absolute atomic E-state index is 9.27. The lowest BCUT2D eigenvalue weighted by Gasteiger charge is -2.14. The zero-order valence-electron chi connectivity index (χ0n) is 20.3. The van der Waals surface area contributed by atoms with Gasteiger partial charge in [0, 0.05) is 11.5 Å². The summed E-state index contributed by atoms with van der Waals surface area (Å²) in [6.07, 6.45) is 1.65. The van der Waals surface area contributed by atoms with Gasteiger partial charge in [-0.3, -0.25) is 5.14 Å². The Morgan fingerprint density at radius 3 is 1.81 bits per heavy atom. The highest BCUT2D eigenvalue weighted by atomic mass is 32.2. The van der Waals surface area contributed by atoms with E-state index in [0.717, 1.165) is 34.6 Å². The van der Waals surface area contributed by atoms with Gasteiger partial charge < -0.3 is 14.9 Å². The molecule has 5 heteroatoms. The monoisotopic (exact) mass is 457 g/mol. The van der Waals surface area contributed by atoms with Gasteiger partial charge in [0.25, 0.3) is 0 Å². The molecule has 0 amide bonds. The summed E-state index contributed by atoms with van der Waals surface area (Å²) in [5.74, 6) is 1.78. The molecule has 0 heterocycles. The first kappa shape index (κ1) is 29.5. The van der Waals surface area contributed by atoms with E-state index in [1.54, 1.807) is 24.3 Å². The number of hydrogen-bond acceptors (Lipinski definition) is 5. The SMILES string of the molecule is CC.CC.Cc1cc(CCCO)cc(C)c1Oc1ccc(O)cc1.NSc1ccccc1. The number of phenols is 1. The Kier molecular flexibility index (Phi) is 16.7. The van der Waals surface area contributed by atoms with Crippen LogP contribution in [-0.2, 0) is 6.42 Å². The average Bonchev–Trinajstić information content (AvgIpc) is 2.84. The Morgan fingerprint density at radius 2 is 1.38 bits per heavy atom. The molecule has 4 N–H and O–H groups in total. The van der Waals surface area contributed by atoms with Crippen molar-refractivity contribution in [2.75, 3.05) is 6.61 Å². The number of aliphatic hydroxyl groups excluding tert-OH is 1. The van der Waals surface area contributed by atoms with Crippen LogP contribution in [0.3, 0.4) is 0 Å². The van der Waals surface area contributed by atoms with Crippen molar-refractivity contribution >= 4 is 11.9 Å². The minimum atomic E-state index is 0.212. The summed E-state index contributed by atoms with van der Waals surface area (Å²) in [4.78, 5) is 1.10. The second-order valence-electron chi connectivity index (χ2n) is 6.41. The third kappa shape index (κ3) is 11.2. The van der Waals surface area contributed by atoms with Crippen LogP contribution in [0.25, 0.3) is 0 Å². The molecule has 0 aromatic heterocycles. The Hall–Kier alpha value is -2.47. The summed E-state index contributed by atoms with van der Waals surface area (Å²) in [5, 5.41) is 23.4. The van der Waals surface area contributed by atoms with Crippen LogP contribution < -0.4 is 9.88 Å². The summed E-state index contributed by atoms with van der Waals surface area (Å²) >= 11 is 1.27. The van der Waals surface area contributed by atoms with Crippen molar-refractivity contribution in [3.05, 3.63) is 83.4 Å². The van der Waals surface area contributed by atoms with Gasteiger partial charge in [-0.2, -0.15) is 0 Å². The van der Waals surface area contributed by atoms with E-state index in [0.29, 0.717) is 5.75 Å². The number of aromatic hydroxyl groups is 1. The molecule has 176 valence electrons. The van der Waals surface area contributed by atoms with E-state index in [1.807, 2.05) is 71.9 Å².